The first-order valence-corrected chi connectivity index (χ1v) is 11.4. The van der Waals surface area contributed by atoms with Gasteiger partial charge in [-0.3, -0.25) is 9.59 Å². The minimum Gasteiger partial charge on any atom is -0.445 e. The summed E-state index contributed by atoms with van der Waals surface area (Å²) < 4.78 is 5.12. The summed E-state index contributed by atoms with van der Waals surface area (Å²) in [6.07, 6.45) is 0.573. The van der Waals surface area contributed by atoms with Crippen molar-refractivity contribution in [3.8, 4) is 0 Å². The van der Waals surface area contributed by atoms with Crippen molar-refractivity contribution in [1.82, 2.24) is 15.5 Å². The fourth-order valence-electron chi connectivity index (χ4n) is 3.62. The molecule has 1 saturated heterocycles. The number of alkyl carbamates (subject to hydrolysis) is 1. The van der Waals surface area contributed by atoms with Gasteiger partial charge in [-0.05, 0) is 24.1 Å². The quantitative estimate of drug-likeness (QED) is 0.541. The van der Waals surface area contributed by atoms with Crippen molar-refractivity contribution in [3.63, 3.8) is 0 Å². The van der Waals surface area contributed by atoms with Gasteiger partial charge in [0, 0.05) is 57.8 Å². The second-order valence-electron chi connectivity index (χ2n) is 7.90. The number of piperazine rings is 1. The Kier molecular flexibility index (Phi) is 9.57. The van der Waals surface area contributed by atoms with E-state index in [2.05, 4.69) is 27.7 Å². The maximum atomic E-state index is 12.4. The molecule has 1 aliphatic heterocycles. The minimum absolute atomic E-state index is 0.0610. The summed E-state index contributed by atoms with van der Waals surface area (Å²) in [5, 5.41) is 5.42. The van der Waals surface area contributed by atoms with Crippen LogP contribution < -0.4 is 15.5 Å². The molecule has 8 heteroatoms. The van der Waals surface area contributed by atoms with E-state index in [-0.39, 0.29) is 24.8 Å². The molecule has 3 rings (SSSR count). The highest BCUT2D eigenvalue weighted by molar-refractivity contribution is 5.79. The Balaban J connectivity index is 1.20. The summed E-state index contributed by atoms with van der Waals surface area (Å²) in [5.41, 5.74) is 2.09. The number of amides is 3. The second kappa shape index (κ2) is 13.1. The molecule has 0 aromatic heterocycles. The molecule has 3 amide bonds. The zero-order valence-electron chi connectivity index (χ0n) is 18.9. The van der Waals surface area contributed by atoms with E-state index >= 15 is 0 Å². The molecule has 0 radical (unpaired) electrons. The topological polar surface area (TPSA) is 91.0 Å². The highest BCUT2D eigenvalue weighted by atomic mass is 16.5. The molecular formula is C25H32N4O4. The third kappa shape index (κ3) is 8.48. The molecule has 2 aromatic rings. The van der Waals surface area contributed by atoms with Crippen molar-refractivity contribution >= 4 is 23.6 Å². The van der Waals surface area contributed by atoms with Crippen LogP contribution in [0.3, 0.4) is 0 Å². The van der Waals surface area contributed by atoms with Crippen molar-refractivity contribution in [2.45, 2.75) is 25.9 Å². The standard InChI is InChI=1S/C25H32N4O4/c30-23(12-7-14-27-25(32)33-20-21-8-3-1-4-9-21)26-15-13-24(31)29-18-16-28(17-19-29)22-10-5-2-6-11-22/h1-6,8-11H,7,12-20H2,(H,26,30)(H,27,32). The highest BCUT2D eigenvalue weighted by Crippen LogP contribution is 2.15. The number of carbonyl (C=O) groups excluding carboxylic acids is 3. The summed E-state index contributed by atoms with van der Waals surface area (Å²) in [6, 6.07) is 19.6. The largest absolute Gasteiger partial charge is 0.445 e. The number of nitrogens with one attached hydrogen (secondary N) is 2. The Morgan fingerprint density at radius 2 is 1.45 bits per heavy atom. The average molecular weight is 453 g/mol. The second-order valence-corrected chi connectivity index (χ2v) is 7.90. The smallest absolute Gasteiger partial charge is 0.407 e. The summed E-state index contributed by atoms with van der Waals surface area (Å²) in [4.78, 5) is 40.2. The molecule has 1 aliphatic rings. The fourth-order valence-corrected chi connectivity index (χ4v) is 3.62. The highest BCUT2D eigenvalue weighted by Gasteiger charge is 2.20. The van der Waals surface area contributed by atoms with Gasteiger partial charge in [0.15, 0.2) is 0 Å². The summed E-state index contributed by atoms with van der Waals surface area (Å²) >= 11 is 0. The summed E-state index contributed by atoms with van der Waals surface area (Å²) in [5.74, 6) is -0.0676. The van der Waals surface area contributed by atoms with Gasteiger partial charge < -0.3 is 25.2 Å². The van der Waals surface area contributed by atoms with E-state index in [1.165, 1.54) is 5.69 Å². The number of anilines is 1. The van der Waals surface area contributed by atoms with Gasteiger partial charge in [0.1, 0.15) is 6.61 Å². The zero-order valence-corrected chi connectivity index (χ0v) is 18.9. The van der Waals surface area contributed by atoms with Crippen molar-refractivity contribution in [1.29, 1.82) is 0 Å². The van der Waals surface area contributed by atoms with Crippen molar-refractivity contribution in [3.05, 3.63) is 66.2 Å². The van der Waals surface area contributed by atoms with E-state index in [4.69, 9.17) is 4.74 Å². The maximum Gasteiger partial charge on any atom is 0.407 e. The molecule has 0 unspecified atom stereocenters. The van der Waals surface area contributed by atoms with Crippen LogP contribution >= 0.6 is 0 Å². The van der Waals surface area contributed by atoms with E-state index in [1.807, 2.05) is 53.4 Å². The lowest BCUT2D eigenvalue weighted by Crippen LogP contribution is -2.49. The molecule has 176 valence electrons. The number of hydrogen-bond acceptors (Lipinski definition) is 5. The van der Waals surface area contributed by atoms with E-state index in [0.29, 0.717) is 39.0 Å². The van der Waals surface area contributed by atoms with Crippen LogP contribution in [-0.2, 0) is 20.9 Å². The van der Waals surface area contributed by atoms with Crippen LogP contribution in [0.1, 0.15) is 24.8 Å². The van der Waals surface area contributed by atoms with Gasteiger partial charge >= 0.3 is 6.09 Å². The third-order valence-corrected chi connectivity index (χ3v) is 5.48. The first-order valence-electron chi connectivity index (χ1n) is 11.4. The normalized spacial score (nSPS) is 13.3. The van der Waals surface area contributed by atoms with Crippen LogP contribution in [0.15, 0.2) is 60.7 Å². The first kappa shape index (κ1) is 24.1. The minimum atomic E-state index is -0.503. The molecule has 8 nitrogen and oxygen atoms in total. The SMILES string of the molecule is O=C(CCCNC(=O)OCc1ccccc1)NCCC(=O)N1CCN(c2ccccc2)CC1. The summed E-state index contributed by atoms with van der Waals surface area (Å²) in [6.45, 7) is 3.88. The predicted molar refractivity (Wildman–Crippen MR) is 127 cm³/mol. The van der Waals surface area contributed by atoms with Gasteiger partial charge in [-0.25, -0.2) is 4.79 Å². The van der Waals surface area contributed by atoms with Gasteiger partial charge in [-0.1, -0.05) is 48.5 Å². The lowest BCUT2D eigenvalue weighted by atomic mass is 10.2. The molecule has 0 atom stereocenters. The van der Waals surface area contributed by atoms with E-state index in [1.54, 1.807) is 0 Å². The lowest BCUT2D eigenvalue weighted by molar-refractivity contribution is -0.131. The van der Waals surface area contributed by atoms with Gasteiger partial charge in [0.05, 0.1) is 0 Å². The van der Waals surface area contributed by atoms with E-state index in [0.717, 1.165) is 18.7 Å². The van der Waals surface area contributed by atoms with Crippen LogP contribution in [0, 0.1) is 0 Å². The number of carbonyl (C=O) groups is 3. The molecule has 0 saturated carbocycles. The average Bonchev–Trinajstić information content (AvgIpc) is 2.86. The Labute approximate surface area is 194 Å². The molecule has 0 aliphatic carbocycles. The van der Waals surface area contributed by atoms with Crippen molar-refractivity contribution < 1.29 is 19.1 Å². The van der Waals surface area contributed by atoms with Crippen LogP contribution in [0.4, 0.5) is 10.5 Å². The Hall–Kier alpha value is -3.55. The van der Waals surface area contributed by atoms with E-state index in [9.17, 15) is 14.4 Å². The number of benzene rings is 2. The molecule has 1 heterocycles. The van der Waals surface area contributed by atoms with Gasteiger partial charge in [-0.15, -0.1) is 0 Å². The molecule has 0 spiro atoms. The number of rotatable bonds is 10. The van der Waals surface area contributed by atoms with E-state index < -0.39 is 6.09 Å². The molecule has 2 aromatic carbocycles. The molecule has 33 heavy (non-hydrogen) atoms. The first-order chi connectivity index (χ1) is 16.1. The van der Waals surface area contributed by atoms with Gasteiger partial charge in [-0.2, -0.15) is 0 Å². The fraction of sp³-hybridized carbons (Fsp3) is 0.400. The van der Waals surface area contributed by atoms with Gasteiger partial charge in [0.25, 0.3) is 0 Å². The maximum absolute atomic E-state index is 12.4. The van der Waals surface area contributed by atoms with Crippen LogP contribution in [-0.4, -0.2) is 62.1 Å². The number of ether oxygens (including phenoxy) is 1. The zero-order chi connectivity index (χ0) is 23.3. The number of para-hydroxylation sites is 1. The van der Waals surface area contributed by atoms with Crippen LogP contribution in [0.2, 0.25) is 0 Å². The predicted octanol–water partition coefficient (Wildman–Crippen LogP) is 2.55. The van der Waals surface area contributed by atoms with Crippen molar-refractivity contribution in [2.75, 3.05) is 44.2 Å². The monoisotopic (exact) mass is 452 g/mol. The third-order valence-electron chi connectivity index (χ3n) is 5.48. The van der Waals surface area contributed by atoms with Crippen LogP contribution in [0.25, 0.3) is 0 Å². The Bertz CT molecular complexity index is 884. The van der Waals surface area contributed by atoms with Crippen LogP contribution in [0.5, 0.6) is 0 Å². The molecule has 1 fully saturated rings. The Morgan fingerprint density at radius 1 is 0.788 bits per heavy atom. The number of nitrogens with zero attached hydrogens (tertiary/aromatic N) is 2. The van der Waals surface area contributed by atoms with Gasteiger partial charge in [0.2, 0.25) is 11.8 Å². The molecular weight excluding hydrogens is 420 g/mol. The molecule has 2 N–H and O–H groups in total. The van der Waals surface area contributed by atoms with Crippen molar-refractivity contribution in [2.24, 2.45) is 0 Å². The number of hydrogen-bond donors (Lipinski definition) is 2. The summed E-state index contributed by atoms with van der Waals surface area (Å²) in [7, 11) is 0. The Morgan fingerprint density at radius 3 is 2.15 bits per heavy atom. The lowest BCUT2D eigenvalue weighted by Gasteiger charge is -2.36. The molecule has 0 bridgehead atoms.